The summed E-state index contributed by atoms with van der Waals surface area (Å²) in [6.07, 6.45) is 0. The molecular formula is C28H38N4O7. The monoisotopic (exact) mass is 542 g/mol. The third kappa shape index (κ3) is 5.23. The van der Waals surface area contributed by atoms with Crippen molar-refractivity contribution in [3.63, 3.8) is 0 Å². The van der Waals surface area contributed by atoms with Crippen molar-refractivity contribution in [1.82, 2.24) is 19.3 Å². The average molecular weight is 543 g/mol. The first kappa shape index (κ1) is 29.7. The molecule has 2 aromatic rings. The van der Waals surface area contributed by atoms with Gasteiger partial charge in [0.15, 0.2) is 0 Å². The molecule has 0 aliphatic carbocycles. The molecule has 2 heterocycles. The standard InChI is InChI=1S/C28H38N4O7/c1-27(2,25(35)36)19-20(28(3,4)26(37)38)22(24(34)31-15-13-30(7)14-16-31)32(21(19)23(33)29(5)6)17-9-11-18(39-8)12-10-17/h9-12H,13-16H2,1-8H3,(H,35,36)(H,37,38). The molecule has 0 spiro atoms. The Bertz CT molecular complexity index is 1280. The van der Waals surface area contributed by atoms with Crippen molar-refractivity contribution < 1.29 is 34.1 Å². The fourth-order valence-corrected chi connectivity index (χ4v) is 4.77. The van der Waals surface area contributed by atoms with Crippen LogP contribution in [0.25, 0.3) is 5.69 Å². The molecule has 39 heavy (non-hydrogen) atoms. The van der Waals surface area contributed by atoms with Crippen molar-refractivity contribution in [2.24, 2.45) is 0 Å². The number of ether oxygens (including phenoxy) is 1. The first-order valence-electron chi connectivity index (χ1n) is 12.7. The van der Waals surface area contributed by atoms with Crippen molar-refractivity contribution in [2.75, 3.05) is 54.4 Å². The maximum Gasteiger partial charge on any atom is 0.313 e. The topological polar surface area (TPSA) is 133 Å². The van der Waals surface area contributed by atoms with Crippen LogP contribution in [0.2, 0.25) is 0 Å². The Balaban J connectivity index is 2.60. The number of benzene rings is 1. The van der Waals surface area contributed by atoms with E-state index in [1.54, 1.807) is 29.2 Å². The zero-order chi connectivity index (χ0) is 29.4. The second kappa shape index (κ2) is 10.7. The van der Waals surface area contributed by atoms with Crippen molar-refractivity contribution in [3.8, 4) is 11.4 Å². The zero-order valence-electron chi connectivity index (χ0n) is 23.9. The predicted molar refractivity (Wildman–Crippen MR) is 145 cm³/mol. The summed E-state index contributed by atoms with van der Waals surface area (Å²) in [5, 5.41) is 20.7. The highest BCUT2D eigenvalue weighted by atomic mass is 16.5. The van der Waals surface area contributed by atoms with E-state index in [4.69, 9.17) is 4.74 Å². The smallest absolute Gasteiger partial charge is 0.313 e. The minimum Gasteiger partial charge on any atom is -0.497 e. The third-order valence-corrected chi connectivity index (χ3v) is 7.42. The van der Waals surface area contributed by atoms with Gasteiger partial charge in [0, 0.05) is 57.1 Å². The first-order valence-corrected chi connectivity index (χ1v) is 12.7. The molecule has 1 aromatic heterocycles. The van der Waals surface area contributed by atoms with Gasteiger partial charge >= 0.3 is 11.9 Å². The van der Waals surface area contributed by atoms with E-state index in [1.807, 2.05) is 7.05 Å². The van der Waals surface area contributed by atoms with Crippen LogP contribution in [0.1, 0.15) is 59.8 Å². The van der Waals surface area contributed by atoms with E-state index in [1.165, 1.54) is 58.4 Å². The van der Waals surface area contributed by atoms with Gasteiger partial charge < -0.3 is 34.2 Å². The van der Waals surface area contributed by atoms with E-state index in [0.29, 0.717) is 37.6 Å². The number of amides is 2. The Morgan fingerprint density at radius 1 is 0.821 bits per heavy atom. The molecule has 1 saturated heterocycles. The van der Waals surface area contributed by atoms with Gasteiger partial charge in [-0.25, -0.2) is 0 Å². The minimum absolute atomic E-state index is 0.00519. The fraction of sp³-hybridized carbons (Fsp3) is 0.500. The number of carbonyl (C=O) groups is 4. The average Bonchev–Trinajstić information content (AvgIpc) is 3.25. The molecule has 0 radical (unpaired) electrons. The normalized spacial score (nSPS) is 14.7. The van der Waals surface area contributed by atoms with Crippen molar-refractivity contribution in [2.45, 2.75) is 38.5 Å². The van der Waals surface area contributed by atoms with Crippen LogP contribution in [-0.4, -0.2) is 108 Å². The van der Waals surface area contributed by atoms with Crippen LogP contribution in [0, 0.1) is 0 Å². The van der Waals surface area contributed by atoms with Crippen molar-refractivity contribution in [3.05, 3.63) is 46.8 Å². The number of aliphatic carboxylic acids is 2. The molecule has 0 unspecified atom stereocenters. The van der Waals surface area contributed by atoms with E-state index in [9.17, 15) is 29.4 Å². The lowest BCUT2D eigenvalue weighted by atomic mass is 9.73. The quantitative estimate of drug-likeness (QED) is 0.519. The number of hydrogen-bond donors (Lipinski definition) is 2. The van der Waals surface area contributed by atoms with Gasteiger partial charge in [-0.3, -0.25) is 19.2 Å². The Hall–Kier alpha value is -3.86. The molecule has 0 saturated carbocycles. The lowest BCUT2D eigenvalue weighted by Crippen LogP contribution is -2.48. The molecule has 0 bridgehead atoms. The summed E-state index contributed by atoms with van der Waals surface area (Å²) in [5.74, 6) is -3.01. The van der Waals surface area contributed by atoms with Crippen LogP contribution in [0.5, 0.6) is 5.75 Å². The number of hydrogen-bond acceptors (Lipinski definition) is 6. The maximum atomic E-state index is 14.4. The molecule has 1 aliphatic heterocycles. The first-order chi connectivity index (χ1) is 18.1. The minimum atomic E-state index is -1.72. The van der Waals surface area contributed by atoms with E-state index < -0.39 is 34.6 Å². The highest BCUT2D eigenvalue weighted by Gasteiger charge is 2.49. The Morgan fingerprint density at radius 3 is 1.69 bits per heavy atom. The van der Waals surface area contributed by atoms with Crippen LogP contribution in [0.15, 0.2) is 24.3 Å². The second-order valence-electron chi connectivity index (χ2n) is 11.1. The van der Waals surface area contributed by atoms with Crippen LogP contribution in [0.4, 0.5) is 0 Å². The number of carboxylic acids is 2. The molecule has 11 heteroatoms. The van der Waals surface area contributed by atoms with Gasteiger partial charge in [-0.15, -0.1) is 0 Å². The van der Waals surface area contributed by atoms with Gasteiger partial charge in [-0.2, -0.15) is 0 Å². The van der Waals surface area contributed by atoms with Crippen molar-refractivity contribution in [1.29, 1.82) is 0 Å². The summed E-state index contributed by atoms with van der Waals surface area (Å²) in [6.45, 7) is 7.70. The van der Waals surface area contributed by atoms with Gasteiger partial charge in [-0.1, -0.05) is 0 Å². The number of nitrogens with zero attached hydrogens (tertiary/aromatic N) is 4. The number of carboxylic acid groups (broad SMARTS) is 2. The van der Waals surface area contributed by atoms with Crippen LogP contribution in [-0.2, 0) is 20.4 Å². The molecule has 1 fully saturated rings. The predicted octanol–water partition coefficient (Wildman–Crippen LogP) is 2.30. The van der Waals surface area contributed by atoms with Crippen LogP contribution in [0.3, 0.4) is 0 Å². The molecule has 2 N–H and O–H groups in total. The molecule has 0 atom stereocenters. The van der Waals surface area contributed by atoms with Gasteiger partial charge in [0.05, 0.1) is 17.9 Å². The lowest BCUT2D eigenvalue weighted by molar-refractivity contribution is -0.144. The largest absolute Gasteiger partial charge is 0.497 e. The molecule has 1 aromatic carbocycles. The van der Waals surface area contributed by atoms with Gasteiger partial charge in [0.2, 0.25) is 0 Å². The molecule has 3 rings (SSSR count). The van der Waals surface area contributed by atoms with E-state index in [-0.39, 0.29) is 22.5 Å². The summed E-state index contributed by atoms with van der Waals surface area (Å²) in [4.78, 5) is 58.6. The number of methoxy groups -OCH3 is 1. The second-order valence-corrected chi connectivity index (χ2v) is 11.1. The number of carbonyl (C=O) groups excluding carboxylic acids is 2. The summed E-state index contributed by atoms with van der Waals surface area (Å²) in [6, 6.07) is 6.63. The fourth-order valence-electron chi connectivity index (χ4n) is 4.77. The Morgan fingerprint density at radius 2 is 1.28 bits per heavy atom. The number of aromatic nitrogens is 1. The number of piperazine rings is 1. The summed E-state index contributed by atoms with van der Waals surface area (Å²) >= 11 is 0. The summed E-state index contributed by atoms with van der Waals surface area (Å²) in [7, 11) is 6.50. The zero-order valence-corrected chi connectivity index (χ0v) is 23.9. The van der Waals surface area contributed by atoms with E-state index in [0.717, 1.165) is 0 Å². The highest BCUT2D eigenvalue weighted by molar-refractivity contribution is 6.05. The van der Waals surface area contributed by atoms with E-state index in [2.05, 4.69) is 4.90 Å². The summed E-state index contributed by atoms with van der Waals surface area (Å²) in [5.41, 5.74) is -3.16. The van der Waals surface area contributed by atoms with Crippen molar-refractivity contribution >= 4 is 23.8 Å². The SMILES string of the molecule is COc1ccc(-n2c(C(=O)N(C)C)c(C(C)(C)C(=O)O)c(C(C)(C)C(=O)O)c2C(=O)N2CCN(C)CC2)cc1. The number of likely N-dealkylation sites (N-methyl/N-ethyl adjacent to an activating group) is 1. The molecule has 2 amide bonds. The van der Waals surface area contributed by atoms with Crippen LogP contribution >= 0.6 is 0 Å². The maximum absolute atomic E-state index is 14.4. The van der Waals surface area contributed by atoms with Gasteiger partial charge in [-0.05, 0) is 59.0 Å². The molecule has 212 valence electrons. The van der Waals surface area contributed by atoms with E-state index >= 15 is 0 Å². The highest BCUT2D eigenvalue weighted by Crippen LogP contribution is 2.43. The summed E-state index contributed by atoms with van der Waals surface area (Å²) < 4.78 is 6.72. The third-order valence-electron chi connectivity index (χ3n) is 7.42. The molecule has 1 aliphatic rings. The Labute approximate surface area is 228 Å². The number of rotatable bonds is 8. The lowest BCUT2D eigenvalue weighted by Gasteiger charge is -2.34. The Kier molecular flexibility index (Phi) is 8.16. The van der Waals surface area contributed by atoms with Gasteiger partial charge in [0.25, 0.3) is 11.8 Å². The van der Waals surface area contributed by atoms with Crippen LogP contribution < -0.4 is 4.74 Å². The van der Waals surface area contributed by atoms with Gasteiger partial charge in [0.1, 0.15) is 17.1 Å². The molecule has 11 nitrogen and oxygen atoms in total. The molecular weight excluding hydrogens is 504 g/mol.